The molecule has 0 saturated carbocycles. The monoisotopic (exact) mass is 262 g/mol. The molecule has 0 spiro atoms. The first-order valence-corrected chi connectivity index (χ1v) is 6.27. The predicted octanol–water partition coefficient (Wildman–Crippen LogP) is 1.84. The minimum Gasteiger partial charge on any atom is -0.378 e. The molecule has 0 unspecified atom stereocenters. The van der Waals surface area contributed by atoms with Crippen LogP contribution in [0, 0.1) is 0 Å². The zero-order valence-corrected chi connectivity index (χ0v) is 11.6. The van der Waals surface area contributed by atoms with Gasteiger partial charge in [0.15, 0.2) is 5.78 Å². The van der Waals surface area contributed by atoms with Crippen molar-refractivity contribution in [1.82, 2.24) is 4.98 Å². The van der Waals surface area contributed by atoms with E-state index in [0.717, 1.165) is 11.3 Å². The van der Waals surface area contributed by atoms with Crippen LogP contribution in [-0.4, -0.2) is 32.7 Å². The summed E-state index contributed by atoms with van der Waals surface area (Å²) in [6, 6.07) is 11.3. The first kappa shape index (κ1) is 14.1. The molecule has 0 atom stereocenters. The lowest BCUT2D eigenvalue weighted by molar-refractivity contribution is 0.104. The molecule has 0 bridgehead atoms. The van der Waals surface area contributed by atoms with Crippen LogP contribution in [0.15, 0.2) is 48.7 Å². The van der Waals surface area contributed by atoms with Gasteiger partial charge in [0.05, 0.1) is 0 Å². The van der Waals surface area contributed by atoms with Crippen LogP contribution < -0.4 is 10.5 Å². The zero-order chi connectivity index (χ0) is 14.5. The van der Waals surface area contributed by atoms with Gasteiger partial charge in [-0.2, -0.15) is 0 Å². The molecular formula is C16H15BN2O. The summed E-state index contributed by atoms with van der Waals surface area (Å²) in [5, 5.41) is 0. The molecule has 0 amide bonds. The SMILES string of the molecule is [B]c1ccc(C(=O)/C=C/c2ccc(N(C)C)cc2)cn1. The molecule has 2 radical (unpaired) electrons. The molecule has 0 aliphatic carbocycles. The molecule has 0 aliphatic rings. The van der Waals surface area contributed by atoms with Crippen molar-refractivity contribution >= 4 is 31.0 Å². The quantitative estimate of drug-likeness (QED) is 0.479. The summed E-state index contributed by atoms with van der Waals surface area (Å²) in [6.07, 6.45) is 4.81. The summed E-state index contributed by atoms with van der Waals surface area (Å²) in [7, 11) is 9.46. The zero-order valence-electron chi connectivity index (χ0n) is 11.6. The maximum atomic E-state index is 11.9. The van der Waals surface area contributed by atoms with Gasteiger partial charge >= 0.3 is 0 Å². The molecule has 1 heterocycles. The third-order valence-corrected chi connectivity index (χ3v) is 2.91. The third-order valence-electron chi connectivity index (χ3n) is 2.91. The second-order valence-electron chi connectivity index (χ2n) is 4.66. The summed E-state index contributed by atoms with van der Waals surface area (Å²) in [6.45, 7) is 0. The summed E-state index contributed by atoms with van der Waals surface area (Å²) in [4.78, 5) is 17.9. The van der Waals surface area contributed by atoms with Gasteiger partial charge in [0.1, 0.15) is 7.85 Å². The fourth-order valence-electron chi connectivity index (χ4n) is 1.70. The number of ketones is 1. The Labute approximate surface area is 120 Å². The topological polar surface area (TPSA) is 33.2 Å². The predicted molar refractivity (Wildman–Crippen MR) is 83.8 cm³/mol. The van der Waals surface area contributed by atoms with Crippen LogP contribution in [0.3, 0.4) is 0 Å². The van der Waals surface area contributed by atoms with Gasteiger partial charge in [-0.25, -0.2) is 0 Å². The van der Waals surface area contributed by atoms with Crippen molar-refractivity contribution in [1.29, 1.82) is 0 Å². The van der Waals surface area contributed by atoms with Crippen molar-refractivity contribution in [2.75, 3.05) is 19.0 Å². The van der Waals surface area contributed by atoms with E-state index in [1.54, 1.807) is 18.2 Å². The molecule has 0 fully saturated rings. The summed E-state index contributed by atoms with van der Waals surface area (Å²) in [5.74, 6) is -0.0887. The highest BCUT2D eigenvalue weighted by atomic mass is 16.1. The van der Waals surface area contributed by atoms with Crippen LogP contribution in [0.5, 0.6) is 0 Å². The number of rotatable bonds is 4. The average molecular weight is 262 g/mol. The van der Waals surface area contributed by atoms with E-state index in [9.17, 15) is 4.79 Å². The second-order valence-corrected chi connectivity index (χ2v) is 4.66. The first-order chi connectivity index (χ1) is 9.56. The number of benzene rings is 1. The van der Waals surface area contributed by atoms with Crippen molar-refractivity contribution in [2.24, 2.45) is 0 Å². The Morgan fingerprint density at radius 3 is 2.40 bits per heavy atom. The molecule has 2 aromatic rings. The largest absolute Gasteiger partial charge is 0.378 e. The molecule has 4 heteroatoms. The molecular weight excluding hydrogens is 247 g/mol. The Morgan fingerprint density at radius 1 is 1.15 bits per heavy atom. The second kappa shape index (κ2) is 6.19. The number of hydrogen-bond acceptors (Lipinski definition) is 3. The van der Waals surface area contributed by atoms with Crippen molar-refractivity contribution in [3.05, 3.63) is 59.8 Å². The van der Waals surface area contributed by atoms with Gasteiger partial charge in [0.2, 0.25) is 0 Å². The number of anilines is 1. The fraction of sp³-hybridized carbons (Fsp3) is 0.125. The van der Waals surface area contributed by atoms with E-state index >= 15 is 0 Å². The summed E-state index contributed by atoms with van der Waals surface area (Å²) in [5.41, 5.74) is 3.04. The van der Waals surface area contributed by atoms with Crippen LogP contribution >= 0.6 is 0 Å². The van der Waals surface area contributed by atoms with Crippen LogP contribution in [-0.2, 0) is 0 Å². The number of aromatic nitrogens is 1. The van der Waals surface area contributed by atoms with Crippen LogP contribution in [0.25, 0.3) is 6.08 Å². The van der Waals surface area contributed by atoms with Crippen molar-refractivity contribution in [3.8, 4) is 0 Å². The molecule has 3 nitrogen and oxygen atoms in total. The number of hydrogen-bond donors (Lipinski definition) is 0. The van der Waals surface area contributed by atoms with Crippen LogP contribution in [0.1, 0.15) is 15.9 Å². The lowest BCUT2D eigenvalue weighted by Crippen LogP contribution is -2.08. The Bertz CT molecular complexity index is 616. The Balaban J connectivity index is 2.08. The number of pyridine rings is 1. The van der Waals surface area contributed by atoms with Gasteiger partial charge in [-0.05, 0) is 35.4 Å². The molecule has 0 N–H and O–H groups in total. The van der Waals surface area contributed by atoms with Crippen LogP contribution in [0.4, 0.5) is 5.69 Å². The highest BCUT2D eigenvalue weighted by Crippen LogP contribution is 2.13. The molecule has 0 saturated heterocycles. The lowest BCUT2D eigenvalue weighted by Gasteiger charge is -2.11. The van der Waals surface area contributed by atoms with E-state index < -0.39 is 0 Å². The Morgan fingerprint density at radius 2 is 1.85 bits per heavy atom. The van der Waals surface area contributed by atoms with E-state index in [0.29, 0.717) is 11.2 Å². The van der Waals surface area contributed by atoms with Gasteiger partial charge < -0.3 is 4.90 Å². The number of nitrogens with zero attached hydrogens (tertiary/aromatic N) is 2. The molecule has 98 valence electrons. The molecule has 2 rings (SSSR count). The van der Waals surface area contributed by atoms with E-state index in [2.05, 4.69) is 4.98 Å². The van der Waals surface area contributed by atoms with Gasteiger partial charge in [-0.1, -0.05) is 24.3 Å². The summed E-state index contributed by atoms with van der Waals surface area (Å²) < 4.78 is 0. The maximum absolute atomic E-state index is 11.9. The van der Waals surface area contributed by atoms with Crippen molar-refractivity contribution in [3.63, 3.8) is 0 Å². The standard InChI is InChI=1S/C16H15BN2O/c1-19(2)14-7-3-12(4-8-14)5-9-15(20)13-6-10-16(17)18-11-13/h3-11H,1-2H3/b9-5+. The Kier molecular flexibility index (Phi) is 4.36. The number of allylic oxidation sites excluding steroid dienone is 1. The molecule has 0 aliphatic heterocycles. The van der Waals surface area contributed by atoms with Crippen LogP contribution in [0.2, 0.25) is 0 Å². The minimum atomic E-state index is -0.0887. The maximum Gasteiger partial charge on any atom is 0.187 e. The van der Waals surface area contributed by atoms with E-state index in [1.807, 2.05) is 43.3 Å². The first-order valence-electron chi connectivity index (χ1n) is 6.27. The van der Waals surface area contributed by atoms with Crippen molar-refractivity contribution < 1.29 is 4.79 Å². The summed E-state index contributed by atoms with van der Waals surface area (Å²) >= 11 is 0. The van der Waals surface area contributed by atoms with Crippen molar-refractivity contribution in [2.45, 2.75) is 0 Å². The molecule has 1 aromatic heterocycles. The van der Waals surface area contributed by atoms with Gasteiger partial charge in [0, 0.05) is 31.5 Å². The third kappa shape index (κ3) is 3.57. The normalized spacial score (nSPS) is 10.7. The van der Waals surface area contributed by atoms with Gasteiger partial charge in [-0.3, -0.25) is 9.78 Å². The molecule has 1 aromatic carbocycles. The minimum absolute atomic E-state index is 0.0887. The van der Waals surface area contributed by atoms with E-state index in [-0.39, 0.29) is 5.78 Å². The highest BCUT2D eigenvalue weighted by Gasteiger charge is 2.01. The fourth-order valence-corrected chi connectivity index (χ4v) is 1.70. The lowest BCUT2D eigenvalue weighted by atomic mass is 10.0. The highest BCUT2D eigenvalue weighted by molar-refractivity contribution is 6.30. The van der Waals surface area contributed by atoms with E-state index in [4.69, 9.17) is 7.85 Å². The van der Waals surface area contributed by atoms with Gasteiger partial charge in [-0.15, -0.1) is 0 Å². The van der Waals surface area contributed by atoms with Gasteiger partial charge in [0.25, 0.3) is 0 Å². The smallest absolute Gasteiger partial charge is 0.187 e. The van der Waals surface area contributed by atoms with E-state index in [1.165, 1.54) is 12.3 Å². The number of carbonyl (C=O) groups excluding carboxylic acids is 1. The Hall–Kier alpha value is -2.36. The average Bonchev–Trinajstić information content (AvgIpc) is 2.46. The number of carbonyl (C=O) groups is 1. The molecule has 20 heavy (non-hydrogen) atoms.